The van der Waals surface area contributed by atoms with Gasteiger partial charge in [0.1, 0.15) is 11.9 Å². The van der Waals surface area contributed by atoms with Crippen LogP contribution in [0.5, 0.6) is 5.75 Å². The van der Waals surface area contributed by atoms with E-state index in [4.69, 9.17) is 16.3 Å². The number of likely N-dealkylation sites (tertiary alicyclic amines) is 1. The van der Waals surface area contributed by atoms with Gasteiger partial charge in [-0.25, -0.2) is 12.7 Å². The molecule has 0 spiro atoms. The summed E-state index contributed by atoms with van der Waals surface area (Å²) in [7, 11) is -3.16. The van der Waals surface area contributed by atoms with Gasteiger partial charge in [-0.05, 0) is 57.0 Å². The smallest absolute Gasteiger partial charge is 0.251 e. The number of rotatable bonds is 7. The Morgan fingerprint density at radius 3 is 2.48 bits per heavy atom. The Morgan fingerprint density at radius 1 is 1.17 bits per heavy atom. The second kappa shape index (κ2) is 10.1. The average molecular weight is 444 g/mol. The van der Waals surface area contributed by atoms with E-state index in [-0.39, 0.29) is 12.0 Å². The van der Waals surface area contributed by atoms with Crippen molar-refractivity contribution < 1.29 is 17.9 Å². The van der Waals surface area contributed by atoms with Gasteiger partial charge in [-0.2, -0.15) is 0 Å². The topological polar surface area (TPSA) is 78.9 Å². The Bertz CT molecular complexity index is 804. The summed E-state index contributed by atoms with van der Waals surface area (Å²) in [6, 6.07) is 5.05. The molecule has 2 aliphatic heterocycles. The number of nitrogens with one attached hydrogen (secondary N) is 1. The zero-order valence-corrected chi connectivity index (χ0v) is 18.5. The monoisotopic (exact) mass is 443 g/mol. The molecule has 29 heavy (non-hydrogen) atoms. The largest absolute Gasteiger partial charge is 0.489 e. The van der Waals surface area contributed by atoms with E-state index < -0.39 is 10.0 Å². The lowest BCUT2D eigenvalue weighted by atomic mass is 10.1. The molecule has 7 nitrogen and oxygen atoms in total. The standard InChI is InChI=1S/C20H30ClN3O4S/c1-29(26,27)24-12-7-17(8-13-24)28-19-6-5-16(15-18(19)21)20(25)22-9-14-23-10-3-2-4-11-23/h5-6,15,17H,2-4,7-14H2,1H3,(H,22,25). The van der Waals surface area contributed by atoms with Gasteiger partial charge < -0.3 is 15.0 Å². The molecule has 1 N–H and O–H groups in total. The number of hydrogen-bond acceptors (Lipinski definition) is 5. The fraction of sp³-hybridized carbons (Fsp3) is 0.650. The first-order valence-corrected chi connectivity index (χ1v) is 12.5. The van der Waals surface area contributed by atoms with Gasteiger partial charge in [0, 0.05) is 31.7 Å². The normalized spacial score (nSPS) is 19.8. The van der Waals surface area contributed by atoms with Crippen LogP contribution < -0.4 is 10.1 Å². The van der Waals surface area contributed by atoms with Gasteiger partial charge in [-0.15, -0.1) is 0 Å². The van der Waals surface area contributed by atoms with E-state index >= 15 is 0 Å². The van der Waals surface area contributed by atoms with Crippen molar-refractivity contribution in [1.29, 1.82) is 0 Å². The lowest BCUT2D eigenvalue weighted by molar-refractivity contribution is 0.0946. The lowest BCUT2D eigenvalue weighted by Gasteiger charge is -2.30. The maximum absolute atomic E-state index is 12.4. The molecule has 0 saturated carbocycles. The molecular formula is C20H30ClN3O4S. The number of nitrogens with zero attached hydrogens (tertiary/aromatic N) is 2. The number of ether oxygens (including phenoxy) is 1. The molecule has 0 unspecified atom stereocenters. The van der Waals surface area contributed by atoms with Gasteiger partial charge in [-0.3, -0.25) is 4.79 Å². The number of hydrogen-bond donors (Lipinski definition) is 1. The Kier molecular flexibility index (Phi) is 7.79. The molecular weight excluding hydrogens is 414 g/mol. The second-order valence-electron chi connectivity index (χ2n) is 7.78. The fourth-order valence-electron chi connectivity index (χ4n) is 3.81. The van der Waals surface area contributed by atoms with Crippen molar-refractivity contribution in [2.75, 3.05) is 45.5 Å². The van der Waals surface area contributed by atoms with Crippen LogP contribution in [0.1, 0.15) is 42.5 Å². The van der Waals surface area contributed by atoms with E-state index in [1.54, 1.807) is 18.2 Å². The van der Waals surface area contributed by atoms with E-state index in [1.807, 2.05) is 0 Å². The van der Waals surface area contributed by atoms with Crippen LogP contribution in [-0.2, 0) is 10.0 Å². The molecule has 1 aromatic rings. The summed E-state index contributed by atoms with van der Waals surface area (Å²) in [4.78, 5) is 14.8. The van der Waals surface area contributed by atoms with Crippen molar-refractivity contribution in [2.24, 2.45) is 0 Å². The first kappa shape index (κ1) is 22.3. The minimum Gasteiger partial charge on any atom is -0.489 e. The molecule has 2 aliphatic rings. The number of halogens is 1. The van der Waals surface area contributed by atoms with Crippen LogP contribution in [0.15, 0.2) is 18.2 Å². The quantitative estimate of drug-likeness (QED) is 0.699. The third-order valence-corrected chi connectivity index (χ3v) is 7.12. The molecule has 162 valence electrons. The molecule has 0 atom stereocenters. The third kappa shape index (κ3) is 6.57. The Balaban J connectivity index is 1.47. The van der Waals surface area contributed by atoms with Crippen molar-refractivity contribution in [2.45, 2.75) is 38.2 Å². The van der Waals surface area contributed by atoms with Crippen molar-refractivity contribution in [3.8, 4) is 5.75 Å². The Morgan fingerprint density at radius 2 is 1.86 bits per heavy atom. The predicted octanol–water partition coefficient (Wildman–Crippen LogP) is 2.36. The molecule has 0 aliphatic carbocycles. The summed E-state index contributed by atoms with van der Waals surface area (Å²) in [5.41, 5.74) is 0.507. The summed E-state index contributed by atoms with van der Waals surface area (Å²) < 4.78 is 30.6. The molecule has 1 aromatic carbocycles. The highest BCUT2D eigenvalue weighted by Crippen LogP contribution is 2.28. The van der Waals surface area contributed by atoms with Crippen molar-refractivity contribution in [1.82, 2.24) is 14.5 Å². The summed E-state index contributed by atoms with van der Waals surface area (Å²) in [5, 5.41) is 3.34. The lowest BCUT2D eigenvalue weighted by Crippen LogP contribution is -2.41. The second-order valence-corrected chi connectivity index (χ2v) is 10.2. The van der Waals surface area contributed by atoms with Crippen LogP contribution in [0.4, 0.5) is 0 Å². The summed E-state index contributed by atoms with van der Waals surface area (Å²) in [6.45, 7) is 4.59. The first-order chi connectivity index (χ1) is 13.8. The fourth-order valence-corrected chi connectivity index (χ4v) is 4.91. The third-order valence-electron chi connectivity index (χ3n) is 5.52. The number of benzene rings is 1. The van der Waals surface area contributed by atoms with Crippen molar-refractivity contribution >= 4 is 27.5 Å². The van der Waals surface area contributed by atoms with E-state index in [2.05, 4.69) is 10.2 Å². The van der Waals surface area contributed by atoms with Crippen LogP contribution in [0, 0.1) is 0 Å². The van der Waals surface area contributed by atoms with Gasteiger partial charge in [0.15, 0.2) is 0 Å². The highest BCUT2D eigenvalue weighted by atomic mass is 35.5. The zero-order valence-electron chi connectivity index (χ0n) is 16.9. The molecule has 2 heterocycles. The van der Waals surface area contributed by atoms with Crippen LogP contribution in [0.25, 0.3) is 0 Å². The van der Waals surface area contributed by atoms with Gasteiger partial charge in [0.2, 0.25) is 10.0 Å². The van der Waals surface area contributed by atoms with E-state index in [9.17, 15) is 13.2 Å². The zero-order chi connectivity index (χ0) is 20.9. The number of piperidine rings is 2. The maximum atomic E-state index is 12.4. The van der Waals surface area contributed by atoms with Crippen LogP contribution in [0.3, 0.4) is 0 Å². The minimum absolute atomic E-state index is 0.0882. The summed E-state index contributed by atoms with van der Waals surface area (Å²) in [5.74, 6) is 0.381. The van der Waals surface area contributed by atoms with Crippen LogP contribution in [0.2, 0.25) is 5.02 Å². The Labute approximate surface area is 178 Å². The van der Waals surface area contributed by atoms with Gasteiger partial charge in [0.25, 0.3) is 5.91 Å². The number of carbonyl (C=O) groups is 1. The van der Waals surface area contributed by atoms with Gasteiger partial charge in [-0.1, -0.05) is 18.0 Å². The number of sulfonamides is 1. The number of amides is 1. The molecule has 2 saturated heterocycles. The van der Waals surface area contributed by atoms with Crippen molar-refractivity contribution in [3.63, 3.8) is 0 Å². The van der Waals surface area contributed by atoms with E-state index in [0.29, 0.717) is 48.8 Å². The average Bonchev–Trinajstić information content (AvgIpc) is 2.70. The summed E-state index contributed by atoms with van der Waals surface area (Å²) >= 11 is 6.33. The molecule has 0 radical (unpaired) electrons. The highest BCUT2D eigenvalue weighted by molar-refractivity contribution is 7.88. The molecule has 3 rings (SSSR count). The van der Waals surface area contributed by atoms with E-state index in [1.165, 1.54) is 29.8 Å². The molecule has 1 amide bonds. The Hall–Kier alpha value is -1.35. The SMILES string of the molecule is CS(=O)(=O)N1CCC(Oc2ccc(C(=O)NCCN3CCCCC3)cc2Cl)CC1. The maximum Gasteiger partial charge on any atom is 0.251 e. The summed E-state index contributed by atoms with van der Waals surface area (Å²) in [6.07, 6.45) is 6.13. The number of carbonyl (C=O) groups excluding carboxylic acids is 1. The molecule has 0 bridgehead atoms. The first-order valence-electron chi connectivity index (χ1n) is 10.2. The molecule has 0 aromatic heterocycles. The van der Waals surface area contributed by atoms with Crippen LogP contribution in [-0.4, -0.2) is 75.2 Å². The van der Waals surface area contributed by atoms with Gasteiger partial charge in [0.05, 0.1) is 11.3 Å². The predicted molar refractivity (Wildman–Crippen MR) is 114 cm³/mol. The highest BCUT2D eigenvalue weighted by Gasteiger charge is 2.26. The molecule has 2 fully saturated rings. The van der Waals surface area contributed by atoms with E-state index in [0.717, 1.165) is 19.6 Å². The van der Waals surface area contributed by atoms with Crippen LogP contribution >= 0.6 is 11.6 Å². The van der Waals surface area contributed by atoms with Gasteiger partial charge >= 0.3 is 0 Å². The van der Waals surface area contributed by atoms with Crippen molar-refractivity contribution in [3.05, 3.63) is 28.8 Å². The molecule has 9 heteroatoms. The minimum atomic E-state index is -3.16.